The van der Waals surface area contributed by atoms with E-state index >= 15 is 0 Å². The Morgan fingerprint density at radius 1 is 1.33 bits per heavy atom. The minimum absolute atomic E-state index is 0. The maximum absolute atomic E-state index is 11.9. The standard InChI is InChI=1S/C20H31ClN4O.HI/c1-5-18(26)25-12-11-15(13-25)24-19(22-6-2)23-14-20(3,4)16-9-7-8-10-17(16)21;/h7-10,15H,5-6,11-14H2,1-4H3,(H2,22,23,24);1H. The number of guanidine groups is 1. The summed E-state index contributed by atoms with van der Waals surface area (Å²) < 4.78 is 0. The molecule has 1 aromatic rings. The van der Waals surface area contributed by atoms with E-state index in [2.05, 4.69) is 37.5 Å². The van der Waals surface area contributed by atoms with E-state index in [4.69, 9.17) is 16.6 Å². The van der Waals surface area contributed by atoms with Crippen LogP contribution in [0.5, 0.6) is 0 Å². The molecule has 0 spiro atoms. The van der Waals surface area contributed by atoms with Gasteiger partial charge in [0.25, 0.3) is 0 Å². The lowest BCUT2D eigenvalue weighted by Gasteiger charge is -2.25. The molecule has 7 heteroatoms. The summed E-state index contributed by atoms with van der Waals surface area (Å²) in [5.74, 6) is 1.01. The topological polar surface area (TPSA) is 56.7 Å². The predicted molar refractivity (Wildman–Crippen MR) is 124 cm³/mol. The molecule has 0 aromatic heterocycles. The molecule has 1 aromatic carbocycles. The zero-order chi connectivity index (χ0) is 19.2. The van der Waals surface area contributed by atoms with Crippen molar-refractivity contribution in [2.45, 2.75) is 52.0 Å². The normalized spacial score (nSPS) is 17.4. The quantitative estimate of drug-likeness (QED) is 0.351. The van der Waals surface area contributed by atoms with Crippen LogP contribution < -0.4 is 10.6 Å². The maximum Gasteiger partial charge on any atom is 0.222 e. The van der Waals surface area contributed by atoms with Gasteiger partial charge in [0, 0.05) is 42.5 Å². The van der Waals surface area contributed by atoms with E-state index in [1.54, 1.807) is 0 Å². The number of aliphatic imine (C=N–C) groups is 1. The molecule has 2 rings (SSSR count). The number of amides is 1. The maximum atomic E-state index is 11.9. The number of carbonyl (C=O) groups excluding carboxylic acids is 1. The largest absolute Gasteiger partial charge is 0.357 e. The Morgan fingerprint density at radius 3 is 2.67 bits per heavy atom. The van der Waals surface area contributed by atoms with E-state index in [1.165, 1.54) is 0 Å². The third-order valence-electron chi connectivity index (χ3n) is 4.76. The van der Waals surface area contributed by atoms with Crippen molar-refractivity contribution in [3.05, 3.63) is 34.9 Å². The molecule has 2 N–H and O–H groups in total. The molecule has 1 aliphatic heterocycles. The molecule has 1 heterocycles. The lowest BCUT2D eigenvalue weighted by atomic mass is 9.85. The average molecular weight is 507 g/mol. The molecule has 0 aliphatic carbocycles. The van der Waals surface area contributed by atoms with Crippen molar-refractivity contribution in [2.24, 2.45) is 4.99 Å². The van der Waals surface area contributed by atoms with Crippen LogP contribution in [0.4, 0.5) is 0 Å². The van der Waals surface area contributed by atoms with Gasteiger partial charge >= 0.3 is 0 Å². The van der Waals surface area contributed by atoms with E-state index in [-0.39, 0.29) is 41.3 Å². The van der Waals surface area contributed by atoms with Crippen LogP contribution in [0.25, 0.3) is 0 Å². The minimum atomic E-state index is -0.166. The molecule has 0 radical (unpaired) electrons. The van der Waals surface area contributed by atoms with Crippen LogP contribution in [-0.4, -0.2) is 49.0 Å². The van der Waals surface area contributed by atoms with Gasteiger partial charge in [0.15, 0.2) is 5.96 Å². The lowest BCUT2D eigenvalue weighted by Crippen LogP contribution is -2.45. The molecule has 0 bridgehead atoms. The van der Waals surface area contributed by atoms with Gasteiger partial charge in [0.05, 0.1) is 6.54 Å². The summed E-state index contributed by atoms with van der Waals surface area (Å²) in [4.78, 5) is 18.6. The molecule has 1 fully saturated rings. The third-order valence-corrected chi connectivity index (χ3v) is 5.09. The highest BCUT2D eigenvalue weighted by molar-refractivity contribution is 14.0. The fourth-order valence-corrected chi connectivity index (χ4v) is 3.61. The molecular formula is C20H32ClIN4O. The molecule has 1 aliphatic rings. The van der Waals surface area contributed by atoms with Gasteiger partial charge < -0.3 is 15.5 Å². The van der Waals surface area contributed by atoms with Crippen LogP contribution in [0.15, 0.2) is 29.3 Å². The van der Waals surface area contributed by atoms with Gasteiger partial charge in [-0.25, -0.2) is 0 Å². The summed E-state index contributed by atoms with van der Waals surface area (Å²) in [6.07, 6.45) is 1.51. The van der Waals surface area contributed by atoms with Crippen molar-refractivity contribution in [3.63, 3.8) is 0 Å². The first kappa shape index (κ1) is 24.0. The van der Waals surface area contributed by atoms with E-state index in [9.17, 15) is 4.79 Å². The number of nitrogens with zero attached hydrogens (tertiary/aromatic N) is 2. The number of likely N-dealkylation sites (tertiary alicyclic amines) is 1. The summed E-state index contributed by atoms with van der Waals surface area (Å²) in [5.41, 5.74) is 0.933. The van der Waals surface area contributed by atoms with Crippen molar-refractivity contribution < 1.29 is 4.79 Å². The van der Waals surface area contributed by atoms with E-state index in [0.29, 0.717) is 13.0 Å². The molecule has 1 atom stereocenters. The Bertz CT molecular complexity index is 651. The van der Waals surface area contributed by atoms with Crippen LogP contribution in [0.2, 0.25) is 5.02 Å². The summed E-state index contributed by atoms with van der Waals surface area (Å²) in [5, 5.41) is 7.56. The van der Waals surface area contributed by atoms with E-state index < -0.39 is 0 Å². The zero-order valence-electron chi connectivity index (χ0n) is 16.7. The Kier molecular flexibility index (Phi) is 9.87. The summed E-state index contributed by atoms with van der Waals surface area (Å²) in [6.45, 7) is 11.2. The Labute approximate surface area is 185 Å². The highest BCUT2D eigenvalue weighted by Crippen LogP contribution is 2.29. The molecule has 27 heavy (non-hydrogen) atoms. The third kappa shape index (κ3) is 6.82. The van der Waals surface area contributed by atoms with Crippen molar-refractivity contribution in [2.75, 3.05) is 26.2 Å². The highest BCUT2D eigenvalue weighted by atomic mass is 127. The Morgan fingerprint density at radius 2 is 2.04 bits per heavy atom. The molecule has 0 saturated carbocycles. The van der Waals surface area contributed by atoms with E-state index in [1.807, 2.05) is 30.0 Å². The smallest absolute Gasteiger partial charge is 0.222 e. The van der Waals surface area contributed by atoms with Gasteiger partial charge in [-0.2, -0.15) is 0 Å². The number of carbonyl (C=O) groups is 1. The van der Waals surface area contributed by atoms with Crippen molar-refractivity contribution >= 4 is 47.4 Å². The van der Waals surface area contributed by atoms with Gasteiger partial charge in [0.1, 0.15) is 0 Å². The van der Waals surface area contributed by atoms with Crippen LogP contribution >= 0.6 is 35.6 Å². The molecule has 1 unspecified atom stereocenters. The zero-order valence-corrected chi connectivity index (χ0v) is 19.8. The van der Waals surface area contributed by atoms with Crippen LogP contribution in [0, 0.1) is 0 Å². The van der Waals surface area contributed by atoms with Gasteiger partial charge in [-0.3, -0.25) is 9.79 Å². The Hall–Kier alpha value is -1.02. The van der Waals surface area contributed by atoms with Crippen LogP contribution in [0.3, 0.4) is 0 Å². The monoisotopic (exact) mass is 506 g/mol. The molecule has 1 amide bonds. The molecular weight excluding hydrogens is 475 g/mol. The van der Waals surface area contributed by atoms with Crippen LogP contribution in [-0.2, 0) is 10.2 Å². The lowest BCUT2D eigenvalue weighted by molar-refractivity contribution is -0.129. The summed E-state index contributed by atoms with van der Waals surface area (Å²) in [6, 6.07) is 8.17. The second-order valence-corrected chi connectivity index (χ2v) is 7.79. The van der Waals surface area contributed by atoms with Gasteiger partial charge in [0.2, 0.25) is 5.91 Å². The predicted octanol–water partition coefficient (Wildman–Crippen LogP) is 3.80. The average Bonchev–Trinajstić information content (AvgIpc) is 3.08. The number of nitrogens with one attached hydrogen (secondary N) is 2. The Balaban J connectivity index is 0.00000364. The van der Waals surface area contributed by atoms with Crippen molar-refractivity contribution in [1.82, 2.24) is 15.5 Å². The molecule has 1 saturated heterocycles. The first-order valence-corrected chi connectivity index (χ1v) is 9.82. The van der Waals surface area contributed by atoms with Crippen molar-refractivity contribution in [3.8, 4) is 0 Å². The second kappa shape index (κ2) is 11.1. The number of halogens is 2. The molecule has 5 nitrogen and oxygen atoms in total. The fraction of sp³-hybridized carbons (Fsp3) is 0.600. The first-order chi connectivity index (χ1) is 12.4. The summed E-state index contributed by atoms with van der Waals surface area (Å²) >= 11 is 6.36. The second-order valence-electron chi connectivity index (χ2n) is 7.38. The minimum Gasteiger partial charge on any atom is -0.357 e. The van der Waals surface area contributed by atoms with Gasteiger partial charge in [-0.1, -0.05) is 50.6 Å². The highest BCUT2D eigenvalue weighted by Gasteiger charge is 2.27. The van der Waals surface area contributed by atoms with E-state index in [0.717, 1.165) is 42.6 Å². The van der Waals surface area contributed by atoms with Gasteiger partial charge in [-0.15, -0.1) is 24.0 Å². The SMILES string of the molecule is CCNC(=NCC(C)(C)c1ccccc1Cl)NC1CCN(C(=O)CC)C1.I. The first-order valence-electron chi connectivity index (χ1n) is 9.45. The van der Waals surface area contributed by atoms with Gasteiger partial charge in [-0.05, 0) is 25.0 Å². The van der Waals surface area contributed by atoms with Crippen LogP contribution in [0.1, 0.15) is 46.1 Å². The fourth-order valence-electron chi connectivity index (χ4n) is 3.21. The van der Waals surface area contributed by atoms with Crippen molar-refractivity contribution in [1.29, 1.82) is 0 Å². The summed E-state index contributed by atoms with van der Waals surface area (Å²) in [7, 11) is 0. The number of benzene rings is 1. The molecule has 152 valence electrons. The number of hydrogen-bond acceptors (Lipinski definition) is 2. The number of hydrogen-bond donors (Lipinski definition) is 2. The number of rotatable bonds is 6.